The zero-order valence-electron chi connectivity index (χ0n) is 16.3. The van der Waals surface area contributed by atoms with Gasteiger partial charge in [0.15, 0.2) is 6.61 Å². The van der Waals surface area contributed by atoms with Crippen molar-refractivity contribution < 1.29 is 32.7 Å². The third-order valence-corrected chi connectivity index (χ3v) is 4.59. The number of ether oxygens (including phenoxy) is 2. The van der Waals surface area contributed by atoms with Gasteiger partial charge in [-0.15, -0.1) is 0 Å². The van der Waals surface area contributed by atoms with Crippen molar-refractivity contribution in [2.45, 2.75) is 44.8 Å². The molecule has 1 aliphatic rings. The number of nitrogens with one attached hydrogen (secondary N) is 2. The van der Waals surface area contributed by atoms with Crippen molar-refractivity contribution in [3.05, 3.63) is 53.7 Å². The minimum absolute atomic E-state index is 0.0285. The second-order valence-electron chi connectivity index (χ2n) is 6.94. The molecule has 0 spiro atoms. The Morgan fingerprint density at radius 3 is 2.50 bits per heavy atom. The lowest BCUT2D eigenvalue weighted by Gasteiger charge is -2.22. The fourth-order valence-corrected chi connectivity index (χ4v) is 3.08. The summed E-state index contributed by atoms with van der Waals surface area (Å²) in [6.07, 6.45) is 5.04. The molecule has 0 aliphatic heterocycles. The van der Waals surface area contributed by atoms with Gasteiger partial charge in [0.1, 0.15) is 23.9 Å². The number of carbonyl (C=O) groups is 3. The number of esters is 1. The Labute approximate surface area is 172 Å². The summed E-state index contributed by atoms with van der Waals surface area (Å²) in [5.41, 5.74) is 0. The number of halogens is 1. The van der Waals surface area contributed by atoms with Crippen LogP contribution in [0.1, 0.15) is 48.4 Å². The van der Waals surface area contributed by atoms with Crippen LogP contribution in [0.3, 0.4) is 0 Å². The molecule has 0 radical (unpaired) electrons. The molecule has 9 heteroatoms. The first-order chi connectivity index (χ1) is 14.5. The Morgan fingerprint density at radius 1 is 1.03 bits per heavy atom. The molecule has 1 fully saturated rings. The molecule has 1 aromatic carbocycles. The first-order valence-electron chi connectivity index (χ1n) is 9.74. The maximum Gasteiger partial charge on any atom is 0.374 e. The minimum Gasteiger partial charge on any atom is -0.486 e. The summed E-state index contributed by atoms with van der Waals surface area (Å²) in [6, 6.07) is 7.85. The molecular weight excluding hydrogens is 395 g/mol. The monoisotopic (exact) mass is 418 g/mol. The van der Waals surface area contributed by atoms with Crippen LogP contribution in [0.15, 0.2) is 40.8 Å². The number of benzene rings is 1. The van der Waals surface area contributed by atoms with Crippen LogP contribution < -0.4 is 15.4 Å². The summed E-state index contributed by atoms with van der Waals surface area (Å²) in [6.45, 7) is -0.584. The number of hydrogen-bond acceptors (Lipinski definition) is 6. The van der Waals surface area contributed by atoms with Crippen LogP contribution in [0.4, 0.5) is 9.18 Å². The van der Waals surface area contributed by atoms with Gasteiger partial charge in [0, 0.05) is 6.04 Å². The average molecular weight is 418 g/mol. The van der Waals surface area contributed by atoms with Crippen molar-refractivity contribution in [2.24, 2.45) is 0 Å². The van der Waals surface area contributed by atoms with E-state index in [9.17, 15) is 18.8 Å². The first kappa shape index (κ1) is 21.4. The van der Waals surface area contributed by atoms with Gasteiger partial charge in [-0.1, -0.05) is 19.3 Å². The van der Waals surface area contributed by atoms with Gasteiger partial charge in [-0.25, -0.2) is 14.0 Å². The number of urea groups is 1. The van der Waals surface area contributed by atoms with Crippen molar-refractivity contribution in [1.29, 1.82) is 0 Å². The van der Waals surface area contributed by atoms with Crippen LogP contribution in [0.2, 0.25) is 0 Å². The molecule has 1 saturated carbocycles. The van der Waals surface area contributed by atoms with E-state index in [1.165, 1.54) is 36.4 Å². The molecule has 2 N–H and O–H groups in total. The molecule has 0 saturated heterocycles. The number of imide groups is 1. The third kappa shape index (κ3) is 6.61. The topological polar surface area (TPSA) is 107 Å². The molecule has 160 valence electrons. The summed E-state index contributed by atoms with van der Waals surface area (Å²) in [4.78, 5) is 35.6. The van der Waals surface area contributed by atoms with Crippen LogP contribution in [-0.4, -0.2) is 30.6 Å². The van der Waals surface area contributed by atoms with Gasteiger partial charge < -0.3 is 19.2 Å². The highest BCUT2D eigenvalue weighted by Gasteiger charge is 2.19. The maximum atomic E-state index is 12.9. The summed E-state index contributed by atoms with van der Waals surface area (Å²) in [7, 11) is 0. The van der Waals surface area contributed by atoms with E-state index < -0.39 is 24.5 Å². The highest BCUT2D eigenvalue weighted by atomic mass is 19.1. The Bertz CT molecular complexity index is 874. The summed E-state index contributed by atoms with van der Waals surface area (Å²) >= 11 is 0. The van der Waals surface area contributed by atoms with Crippen molar-refractivity contribution in [3.8, 4) is 5.75 Å². The van der Waals surface area contributed by atoms with Crippen LogP contribution in [0, 0.1) is 5.82 Å². The van der Waals surface area contributed by atoms with Gasteiger partial charge in [0.05, 0.1) is 0 Å². The number of rotatable bonds is 7. The normalized spacial score (nSPS) is 14.0. The number of carbonyl (C=O) groups excluding carboxylic acids is 3. The fourth-order valence-electron chi connectivity index (χ4n) is 3.08. The maximum absolute atomic E-state index is 12.9. The van der Waals surface area contributed by atoms with E-state index >= 15 is 0 Å². The quantitative estimate of drug-likeness (QED) is 0.668. The molecule has 8 nitrogen and oxygen atoms in total. The zero-order valence-corrected chi connectivity index (χ0v) is 16.3. The minimum atomic E-state index is -0.842. The van der Waals surface area contributed by atoms with E-state index in [-0.39, 0.29) is 24.2 Å². The van der Waals surface area contributed by atoms with E-state index in [0.717, 1.165) is 32.1 Å². The largest absolute Gasteiger partial charge is 0.486 e. The van der Waals surface area contributed by atoms with Crippen LogP contribution in [0.5, 0.6) is 5.75 Å². The molecule has 0 bridgehead atoms. The fraction of sp³-hybridized carbons (Fsp3) is 0.381. The molecule has 1 aromatic heterocycles. The van der Waals surface area contributed by atoms with E-state index in [0.29, 0.717) is 11.5 Å². The van der Waals surface area contributed by atoms with E-state index in [1.807, 2.05) is 0 Å². The van der Waals surface area contributed by atoms with Crippen molar-refractivity contribution in [3.63, 3.8) is 0 Å². The van der Waals surface area contributed by atoms with E-state index in [1.54, 1.807) is 0 Å². The molecule has 30 heavy (non-hydrogen) atoms. The standard InChI is InChI=1S/C21H23FN2O6/c22-14-6-8-16(9-7-14)28-12-17-10-11-18(30-17)20(26)29-13-19(25)24-21(27)23-15-4-2-1-3-5-15/h6-11,15H,1-5,12-13H2,(H2,23,24,25,27). The van der Waals surface area contributed by atoms with Crippen LogP contribution in [0.25, 0.3) is 0 Å². The molecule has 1 heterocycles. The Balaban J connectivity index is 1.38. The second-order valence-corrected chi connectivity index (χ2v) is 6.94. The van der Waals surface area contributed by atoms with Crippen LogP contribution >= 0.6 is 0 Å². The van der Waals surface area contributed by atoms with Gasteiger partial charge in [0.25, 0.3) is 5.91 Å². The van der Waals surface area contributed by atoms with Gasteiger partial charge in [0.2, 0.25) is 5.76 Å². The Hall–Kier alpha value is -3.36. The summed E-state index contributed by atoms with van der Waals surface area (Å²) in [5.74, 6) is -1.26. The zero-order chi connectivity index (χ0) is 21.3. The molecular formula is C21H23FN2O6. The lowest BCUT2D eigenvalue weighted by molar-refractivity contribution is -0.123. The number of hydrogen-bond donors (Lipinski definition) is 2. The van der Waals surface area contributed by atoms with Gasteiger partial charge in [-0.05, 0) is 49.2 Å². The predicted molar refractivity (Wildman–Crippen MR) is 103 cm³/mol. The van der Waals surface area contributed by atoms with Crippen molar-refractivity contribution >= 4 is 17.9 Å². The van der Waals surface area contributed by atoms with Crippen molar-refractivity contribution in [1.82, 2.24) is 10.6 Å². The molecule has 0 atom stereocenters. The van der Waals surface area contributed by atoms with E-state index in [4.69, 9.17) is 13.9 Å². The Kier molecular flexibility index (Phi) is 7.42. The smallest absolute Gasteiger partial charge is 0.374 e. The van der Waals surface area contributed by atoms with Gasteiger partial charge in [-0.3, -0.25) is 10.1 Å². The van der Waals surface area contributed by atoms with Crippen LogP contribution in [-0.2, 0) is 16.1 Å². The molecule has 3 amide bonds. The van der Waals surface area contributed by atoms with Crippen molar-refractivity contribution in [2.75, 3.05) is 6.61 Å². The second kappa shape index (κ2) is 10.4. The average Bonchev–Trinajstić information content (AvgIpc) is 3.21. The highest BCUT2D eigenvalue weighted by Crippen LogP contribution is 2.17. The van der Waals surface area contributed by atoms with Gasteiger partial charge >= 0.3 is 12.0 Å². The highest BCUT2D eigenvalue weighted by molar-refractivity contribution is 5.96. The molecule has 1 aliphatic carbocycles. The lowest BCUT2D eigenvalue weighted by Crippen LogP contribution is -2.46. The number of amides is 3. The summed E-state index contributed by atoms with van der Waals surface area (Å²) in [5, 5.41) is 4.88. The van der Waals surface area contributed by atoms with E-state index in [2.05, 4.69) is 10.6 Å². The SMILES string of the molecule is O=C(COC(=O)c1ccc(COc2ccc(F)cc2)o1)NC(=O)NC1CCCCC1. The third-order valence-electron chi connectivity index (χ3n) is 4.59. The molecule has 2 aromatic rings. The Morgan fingerprint density at radius 2 is 1.77 bits per heavy atom. The predicted octanol–water partition coefficient (Wildman–Crippen LogP) is 3.31. The van der Waals surface area contributed by atoms with Gasteiger partial charge in [-0.2, -0.15) is 0 Å². The molecule has 0 unspecified atom stereocenters. The first-order valence-corrected chi connectivity index (χ1v) is 9.74. The summed E-state index contributed by atoms with van der Waals surface area (Å²) < 4.78 is 28.5. The number of furan rings is 1. The molecule has 3 rings (SSSR count). The lowest BCUT2D eigenvalue weighted by atomic mass is 9.96.